The molecule has 1 aromatic heterocycles. The number of thiol groups is 1. The van der Waals surface area contributed by atoms with Crippen LogP contribution in [-0.2, 0) is 10.7 Å². The van der Waals surface area contributed by atoms with E-state index >= 15 is 0 Å². The van der Waals surface area contributed by atoms with Crippen LogP contribution in [0.15, 0.2) is 89.7 Å². The molecule has 0 spiro atoms. The number of nitrogens with two attached hydrogens (primary N) is 2. The molecule has 1 unspecified atom stereocenters. The highest BCUT2D eigenvalue weighted by atomic mass is 35.5. The van der Waals surface area contributed by atoms with Crippen LogP contribution in [0.2, 0.25) is 5.02 Å². The van der Waals surface area contributed by atoms with Gasteiger partial charge in [0.2, 0.25) is 0 Å². The number of rotatable bonds is 8. The molecule has 7 nitrogen and oxygen atoms in total. The van der Waals surface area contributed by atoms with Crippen molar-refractivity contribution in [2.45, 2.75) is 31.1 Å². The lowest BCUT2D eigenvalue weighted by atomic mass is 9.97. The highest BCUT2D eigenvalue weighted by molar-refractivity contribution is 7.72. The number of alkyl halides is 2. The first-order valence-corrected chi connectivity index (χ1v) is 13.1. The van der Waals surface area contributed by atoms with Gasteiger partial charge in [-0.25, -0.2) is 28.0 Å². The Hall–Kier alpha value is -3.73. The van der Waals surface area contributed by atoms with Crippen LogP contribution in [0.3, 0.4) is 0 Å². The molecule has 0 aliphatic rings. The van der Waals surface area contributed by atoms with E-state index in [0.29, 0.717) is 39.0 Å². The smallest absolute Gasteiger partial charge is 0.281 e. The Morgan fingerprint density at radius 1 is 1.08 bits per heavy atom. The molecule has 0 bridgehead atoms. The molecular formula is C27H26ClF2N5O2S. The number of aromatic nitrogens is 2. The lowest BCUT2D eigenvalue weighted by Crippen LogP contribution is -2.34. The van der Waals surface area contributed by atoms with Crippen molar-refractivity contribution < 1.29 is 17.2 Å². The molecule has 11 heteroatoms. The van der Waals surface area contributed by atoms with Crippen molar-refractivity contribution in [1.29, 1.82) is 0 Å². The predicted octanol–water partition coefficient (Wildman–Crippen LogP) is 5.69. The van der Waals surface area contributed by atoms with Crippen LogP contribution >= 0.6 is 11.6 Å². The highest BCUT2D eigenvalue weighted by Gasteiger charge is 2.23. The third-order valence-electron chi connectivity index (χ3n) is 6.27. The normalized spacial score (nSPS) is 12.8. The fourth-order valence-corrected chi connectivity index (χ4v) is 4.82. The van der Waals surface area contributed by atoms with Crippen molar-refractivity contribution in [2.75, 3.05) is 5.01 Å². The molecule has 3 aromatic carbocycles. The van der Waals surface area contributed by atoms with Crippen LogP contribution in [0.25, 0.3) is 16.8 Å². The molecule has 1 atom stereocenters. The van der Waals surface area contributed by atoms with Gasteiger partial charge in [0.15, 0.2) is 10.7 Å². The molecule has 0 radical (unpaired) electrons. The minimum Gasteiger partial charge on any atom is -0.403 e. The van der Waals surface area contributed by atoms with Gasteiger partial charge < -0.3 is 10.3 Å². The van der Waals surface area contributed by atoms with Gasteiger partial charge in [-0.05, 0) is 60.0 Å². The topological polar surface area (TPSA) is 107 Å². The molecule has 0 aliphatic carbocycles. The summed E-state index contributed by atoms with van der Waals surface area (Å²) in [7, 11) is -2.78. The van der Waals surface area contributed by atoms with E-state index in [-0.39, 0.29) is 16.5 Å². The summed E-state index contributed by atoms with van der Waals surface area (Å²) in [5.41, 5.74) is 9.37. The number of allylic oxidation sites excluding steroid dienone is 1. The monoisotopic (exact) mass is 557 g/mol. The molecule has 198 valence electrons. The number of halogens is 3. The van der Waals surface area contributed by atoms with Crippen molar-refractivity contribution in [1.82, 2.24) is 9.55 Å². The summed E-state index contributed by atoms with van der Waals surface area (Å²) in [6, 6.07) is 19.0. The van der Waals surface area contributed by atoms with E-state index in [1.807, 2.05) is 19.1 Å². The summed E-state index contributed by atoms with van der Waals surface area (Å²) in [5.74, 6) is 6.77. The summed E-state index contributed by atoms with van der Waals surface area (Å²) in [6.07, 6.45) is -0.0827. The lowest BCUT2D eigenvalue weighted by molar-refractivity contribution is 0.146. The average molecular weight is 558 g/mol. The molecule has 1 heterocycles. The minimum absolute atomic E-state index is 0.165. The zero-order chi connectivity index (χ0) is 27.6. The minimum atomic E-state index is -2.78. The van der Waals surface area contributed by atoms with Crippen LogP contribution in [0.1, 0.15) is 36.3 Å². The SMILES string of the molecule is Cc1nc(C(F)F)cn1-c1ccc(-c2cccc([SH](=O)=O)c2)cc1N(N)/C(=C\N)C(C)c1ccc(Cl)cc1. The predicted molar refractivity (Wildman–Crippen MR) is 146 cm³/mol. The van der Waals surface area contributed by atoms with Crippen LogP contribution in [0, 0.1) is 6.92 Å². The van der Waals surface area contributed by atoms with Gasteiger partial charge in [0.1, 0.15) is 11.5 Å². The van der Waals surface area contributed by atoms with Crippen molar-refractivity contribution in [3.05, 3.63) is 107 Å². The number of anilines is 1. The number of hydrogen-bond acceptors (Lipinski definition) is 6. The van der Waals surface area contributed by atoms with E-state index in [4.69, 9.17) is 23.2 Å². The molecule has 0 saturated carbocycles. The first kappa shape index (κ1) is 27.3. The maximum atomic E-state index is 13.4. The second-order valence-electron chi connectivity index (χ2n) is 8.63. The second kappa shape index (κ2) is 11.3. The van der Waals surface area contributed by atoms with E-state index in [1.165, 1.54) is 28.0 Å². The molecule has 4 aromatic rings. The Labute approximate surface area is 225 Å². The van der Waals surface area contributed by atoms with Crippen LogP contribution < -0.4 is 16.6 Å². The molecule has 0 amide bonds. The number of imidazole rings is 1. The fraction of sp³-hybridized carbons (Fsp3) is 0.148. The average Bonchev–Trinajstić information content (AvgIpc) is 3.30. The van der Waals surface area contributed by atoms with Gasteiger partial charge in [-0.2, -0.15) is 0 Å². The van der Waals surface area contributed by atoms with Gasteiger partial charge in [0.25, 0.3) is 6.43 Å². The summed E-state index contributed by atoms with van der Waals surface area (Å²) in [6.45, 7) is 3.55. The summed E-state index contributed by atoms with van der Waals surface area (Å²) < 4.78 is 51.5. The van der Waals surface area contributed by atoms with E-state index < -0.39 is 17.1 Å². The Morgan fingerprint density at radius 3 is 2.37 bits per heavy atom. The maximum absolute atomic E-state index is 13.4. The third-order valence-corrected chi connectivity index (χ3v) is 7.22. The first-order valence-electron chi connectivity index (χ1n) is 11.6. The first-order chi connectivity index (χ1) is 18.1. The Balaban J connectivity index is 1.88. The van der Waals surface area contributed by atoms with Crippen molar-refractivity contribution >= 4 is 28.0 Å². The van der Waals surface area contributed by atoms with E-state index in [1.54, 1.807) is 55.5 Å². The molecule has 0 fully saturated rings. The molecular weight excluding hydrogens is 532 g/mol. The van der Waals surface area contributed by atoms with Crippen LogP contribution in [0.4, 0.5) is 14.5 Å². The lowest BCUT2D eigenvalue weighted by Gasteiger charge is -2.29. The summed E-state index contributed by atoms with van der Waals surface area (Å²) in [5, 5.41) is 1.99. The summed E-state index contributed by atoms with van der Waals surface area (Å²) >= 11 is 6.05. The molecule has 4 rings (SSSR count). The van der Waals surface area contributed by atoms with E-state index in [0.717, 1.165) is 5.56 Å². The largest absolute Gasteiger partial charge is 0.403 e. The number of hydrazine groups is 1. The quantitative estimate of drug-likeness (QED) is 0.146. The van der Waals surface area contributed by atoms with Crippen LogP contribution in [0.5, 0.6) is 0 Å². The zero-order valence-electron chi connectivity index (χ0n) is 20.6. The van der Waals surface area contributed by atoms with Crippen molar-refractivity contribution in [3.8, 4) is 16.8 Å². The summed E-state index contributed by atoms with van der Waals surface area (Å²) in [4.78, 5) is 4.15. The van der Waals surface area contributed by atoms with Crippen molar-refractivity contribution in [3.63, 3.8) is 0 Å². The van der Waals surface area contributed by atoms with Gasteiger partial charge in [-0.15, -0.1) is 0 Å². The molecule has 0 saturated heterocycles. The Morgan fingerprint density at radius 2 is 1.76 bits per heavy atom. The number of nitrogens with zero attached hydrogens (tertiary/aromatic N) is 3. The number of benzene rings is 3. The fourth-order valence-electron chi connectivity index (χ4n) is 4.24. The molecule has 4 N–H and O–H groups in total. The standard InChI is InChI=1S/C27H26ClF2N5O2S/c1-16(18-6-9-21(28)10-7-18)26(14-31)35(32)25-13-20(19-4-3-5-22(12-19)38(36)37)8-11-24(25)34-15-23(27(29)30)33-17(34)2/h3-16,27,38H,31-32H2,1-2H3/b26-14-. The third kappa shape index (κ3) is 5.57. The zero-order valence-corrected chi connectivity index (χ0v) is 22.2. The van der Waals surface area contributed by atoms with Crippen LogP contribution in [-0.4, -0.2) is 18.0 Å². The van der Waals surface area contributed by atoms with E-state index in [2.05, 4.69) is 4.98 Å². The number of hydrogen-bond donors (Lipinski definition) is 3. The Kier molecular flexibility index (Phi) is 8.15. The molecule has 0 aliphatic heterocycles. The number of aryl methyl sites for hydroxylation is 1. The van der Waals surface area contributed by atoms with Gasteiger partial charge in [-0.1, -0.05) is 48.9 Å². The van der Waals surface area contributed by atoms with Gasteiger partial charge in [0.05, 0.1) is 22.0 Å². The molecule has 38 heavy (non-hydrogen) atoms. The maximum Gasteiger partial charge on any atom is 0.281 e. The van der Waals surface area contributed by atoms with Gasteiger partial charge in [0, 0.05) is 23.3 Å². The van der Waals surface area contributed by atoms with Gasteiger partial charge in [-0.3, -0.25) is 5.01 Å². The van der Waals surface area contributed by atoms with Crippen molar-refractivity contribution in [2.24, 2.45) is 11.6 Å². The Bertz CT molecular complexity index is 1560. The highest BCUT2D eigenvalue weighted by Crippen LogP contribution is 2.36. The second-order valence-corrected chi connectivity index (χ2v) is 10.1. The van der Waals surface area contributed by atoms with Gasteiger partial charge >= 0.3 is 0 Å². The van der Waals surface area contributed by atoms with E-state index in [9.17, 15) is 17.2 Å².